The molecule has 2 rings (SSSR count). The average Bonchev–Trinajstić information content (AvgIpc) is 2.89. The van der Waals surface area contributed by atoms with Gasteiger partial charge in [0.1, 0.15) is 6.33 Å². The molecular formula is C11H12N6O4. The first-order valence-corrected chi connectivity index (χ1v) is 5.83. The lowest BCUT2D eigenvalue weighted by Gasteiger charge is -2.06. The standard InChI is InChI=1S/C11H12N6O4/c1-16-6-13-9(15-16)5-12-10-8(17(19)20)4-3-7(14-10)11(18)21-2/h3-4,6H,5H2,1-2H3,(H,12,14). The minimum absolute atomic E-state index is 0.0282. The fourth-order valence-corrected chi connectivity index (χ4v) is 1.58. The van der Waals surface area contributed by atoms with Crippen molar-refractivity contribution in [1.82, 2.24) is 19.7 Å². The number of carbonyl (C=O) groups is 1. The van der Waals surface area contributed by atoms with Gasteiger partial charge in [-0.05, 0) is 6.07 Å². The van der Waals surface area contributed by atoms with E-state index in [1.54, 1.807) is 7.05 Å². The second-order valence-electron chi connectivity index (χ2n) is 4.00. The third-order valence-electron chi connectivity index (χ3n) is 2.53. The van der Waals surface area contributed by atoms with E-state index in [4.69, 9.17) is 0 Å². The van der Waals surface area contributed by atoms with Crippen molar-refractivity contribution in [2.75, 3.05) is 12.4 Å². The van der Waals surface area contributed by atoms with Crippen LogP contribution < -0.4 is 5.32 Å². The van der Waals surface area contributed by atoms with Crippen LogP contribution in [0.4, 0.5) is 11.5 Å². The molecule has 110 valence electrons. The van der Waals surface area contributed by atoms with E-state index in [0.29, 0.717) is 5.82 Å². The highest BCUT2D eigenvalue weighted by Gasteiger charge is 2.19. The fourth-order valence-electron chi connectivity index (χ4n) is 1.58. The van der Waals surface area contributed by atoms with Crippen LogP contribution >= 0.6 is 0 Å². The summed E-state index contributed by atoms with van der Waals surface area (Å²) in [4.78, 5) is 29.7. The van der Waals surface area contributed by atoms with Gasteiger partial charge < -0.3 is 10.1 Å². The third kappa shape index (κ3) is 3.29. The Kier molecular flexibility index (Phi) is 4.07. The molecule has 0 unspecified atom stereocenters. The predicted octanol–water partition coefficient (Wildman–Crippen LogP) is 0.517. The molecule has 0 radical (unpaired) electrons. The highest BCUT2D eigenvalue weighted by Crippen LogP contribution is 2.22. The molecule has 2 aromatic heterocycles. The van der Waals surface area contributed by atoms with E-state index in [9.17, 15) is 14.9 Å². The Bertz CT molecular complexity index is 683. The van der Waals surface area contributed by atoms with Gasteiger partial charge in [-0.15, -0.1) is 0 Å². The molecule has 0 atom stereocenters. The van der Waals surface area contributed by atoms with Crippen molar-refractivity contribution in [2.45, 2.75) is 6.54 Å². The van der Waals surface area contributed by atoms with E-state index in [-0.39, 0.29) is 23.7 Å². The summed E-state index contributed by atoms with van der Waals surface area (Å²) in [5.41, 5.74) is -0.279. The Morgan fingerprint density at radius 1 is 1.52 bits per heavy atom. The topological polar surface area (TPSA) is 125 Å². The molecule has 0 aliphatic heterocycles. The van der Waals surface area contributed by atoms with Crippen LogP contribution in [0.25, 0.3) is 0 Å². The highest BCUT2D eigenvalue weighted by atomic mass is 16.6. The van der Waals surface area contributed by atoms with Crippen molar-refractivity contribution < 1.29 is 14.5 Å². The summed E-state index contributed by atoms with van der Waals surface area (Å²) >= 11 is 0. The van der Waals surface area contributed by atoms with Crippen LogP contribution in [0.2, 0.25) is 0 Å². The first-order valence-electron chi connectivity index (χ1n) is 5.83. The number of nitro groups is 1. The molecule has 0 saturated heterocycles. The molecule has 21 heavy (non-hydrogen) atoms. The summed E-state index contributed by atoms with van der Waals surface area (Å²) in [5, 5.41) is 17.7. The normalized spacial score (nSPS) is 10.2. The summed E-state index contributed by atoms with van der Waals surface area (Å²) in [5.74, 6) is -0.281. The SMILES string of the molecule is COC(=O)c1ccc([N+](=O)[O-])c(NCc2ncn(C)n2)n1. The van der Waals surface area contributed by atoms with Crippen LogP contribution in [0.15, 0.2) is 18.5 Å². The van der Waals surface area contributed by atoms with Crippen LogP contribution in [0.5, 0.6) is 0 Å². The zero-order chi connectivity index (χ0) is 15.4. The molecule has 2 heterocycles. The Hall–Kier alpha value is -3.04. The molecule has 0 saturated carbocycles. The van der Waals surface area contributed by atoms with Gasteiger partial charge in [-0.25, -0.2) is 14.8 Å². The van der Waals surface area contributed by atoms with E-state index in [0.717, 1.165) is 0 Å². The maximum Gasteiger partial charge on any atom is 0.356 e. The highest BCUT2D eigenvalue weighted by molar-refractivity contribution is 5.88. The maximum atomic E-state index is 11.4. The Morgan fingerprint density at radius 3 is 2.86 bits per heavy atom. The largest absolute Gasteiger partial charge is 0.464 e. The number of anilines is 1. The molecule has 0 aromatic carbocycles. The third-order valence-corrected chi connectivity index (χ3v) is 2.53. The van der Waals surface area contributed by atoms with Gasteiger partial charge in [0.15, 0.2) is 11.5 Å². The number of hydrogen-bond acceptors (Lipinski definition) is 8. The average molecular weight is 292 g/mol. The smallest absolute Gasteiger partial charge is 0.356 e. The van der Waals surface area contributed by atoms with Crippen LogP contribution in [-0.4, -0.2) is 37.8 Å². The van der Waals surface area contributed by atoms with Gasteiger partial charge >= 0.3 is 11.7 Å². The van der Waals surface area contributed by atoms with E-state index in [1.807, 2.05) is 0 Å². The Morgan fingerprint density at radius 2 is 2.29 bits per heavy atom. The zero-order valence-electron chi connectivity index (χ0n) is 11.3. The second-order valence-corrected chi connectivity index (χ2v) is 4.00. The summed E-state index contributed by atoms with van der Waals surface area (Å²) in [6, 6.07) is 2.42. The quantitative estimate of drug-likeness (QED) is 0.480. The van der Waals surface area contributed by atoms with Gasteiger partial charge in [-0.1, -0.05) is 0 Å². The summed E-state index contributed by atoms with van der Waals surface area (Å²) < 4.78 is 6.03. The number of rotatable bonds is 5. The van der Waals surface area contributed by atoms with Crippen LogP contribution in [-0.2, 0) is 18.3 Å². The first kappa shape index (κ1) is 14.4. The van der Waals surface area contributed by atoms with E-state index < -0.39 is 10.9 Å². The molecule has 0 fully saturated rings. The van der Waals surface area contributed by atoms with Crippen LogP contribution in [0.1, 0.15) is 16.3 Å². The van der Waals surface area contributed by atoms with Crippen molar-refractivity contribution in [3.63, 3.8) is 0 Å². The molecule has 0 spiro atoms. The van der Waals surface area contributed by atoms with E-state index in [1.165, 1.54) is 30.3 Å². The molecule has 2 aromatic rings. The van der Waals surface area contributed by atoms with Gasteiger partial charge in [-0.3, -0.25) is 14.8 Å². The number of pyridine rings is 1. The fraction of sp³-hybridized carbons (Fsp3) is 0.273. The summed E-state index contributed by atoms with van der Waals surface area (Å²) in [6.07, 6.45) is 1.50. The molecule has 0 amide bonds. The van der Waals surface area contributed by atoms with Gasteiger partial charge in [0, 0.05) is 13.1 Å². The van der Waals surface area contributed by atoms with Gasteiger partial charge in [0.05, 0.1) is 18.6 Å². The van der Waals surface area contributed by atoms with E-state index in [2.05, 4.69) is 25.1 Å². The Balaban J connectivity index is 2.25. The lowest BCUT2D eigenvalue weighted by molar-refractivity contribution is -0.384. The van der Waals surface area contributed by atoms with Crippen molar-refractivity contribution in [1.29, 1.82) is 0 Å². The summed E-state index contributed by atoms with van der Waals surface area (Å²) in [7, 11) is 2.91. The molecule has 10 heteroatoms. The number of aryl methyl sites for hydroxylation is 1. The lowest BCUT2D eigenvalue weighted by atomic mass is 10.3. The number of nitrogens with one attached hydrogen (secondary N) is 1. The predicted molar refractivity (Wildman–Crippen MR) is 70.6 cm³/mol. The molecule has 1 N–H and O–H groups in total. The second kappa shape index (κ2) is 5.94. The molecule has 0 bridgehead atoms. The Labute approximate surface area is 118 Å². The molecule has 0 aliphatic rings. The van der Waals surface area contributed by atoms with Crippen molar-refractivity contribution in [3.8, 4) is 0 Å². The first-order chi connectivity index (χ1) is 10.0. The molecule has 10 nitrogen and oxygen atoms in total. The number of methoxy groups -OCH3 is 1. The van der Waals surface area contributed by atoms with Gasteiger partial charge in [-0.2, -0.15) is 5.10 Å². The number of esters is 1. The lowest BCUT2D eigenvalue weighted by Crippen LogP contribution is -2.10. The zero-order valence-corrected chi connectivity index (χ0v) is 11.3. The van der Waals surface area contributed by atoms with Crippen molar-refractivity contribution in [3.05, 3.63) is 40.1 Å². The van der Waals surface area contributed by atoms with Crippen molar-refractivity contribution in [2.24, 2.45) is 7.05 Å². The van der Waals surface area contributed by atoms with Crippen LogP contribution in [0, 0.1) is 10.1 Å². The number of nitrogens with zero attached hydrogens (tertiary/aromatic N) is 5. The number of carbonyl (C=O) groups excluding carboxylic acids is 1. The summed E-state index contributed by atoms with van der Waals surface area (Å²) in [6.45, 7) is 0.138. The van der Waals surface area contributed by atoms with Gasteiger partial charge in [0.2, 0.25) is 5.82 Å². The van der Waals surface area contributed by atoms with Gasteiger partial charge in [0.25, 0.3) is 0 Å². The number of ether oxygens (including phenoxy) is 1. The maximum absolute atomic E-state index is 11.4. The van der Waals surface area contributed by atoms with Crippen molar-refractivity contribution >= 4 is 17.5 Å². The molecule has 0 aliphatic carbocycles. The monoisotopic (exact) mass is 292 g/mol. The van der Waals surface area contributed by atoms with E-state index >= 15 is 0 Å². The molecular weight excluding hydrogens is 280 g/mol. The minimum Gasteiger partial charge on any atom is -0.464 e. The number of aromatic nitrogens is 4. The van der Waals surface area contributed by atoms with Crippen LogP contribution in [0.3, 0.4) is 0 Å². The minimum atomic E-state index is -0.677. The number of hydrogen-bond donors (Lipinski definition) is 1.